The maximum Gasteiger partial charge on any atom is 0.123 e. The zero-order valence-corrected chi connectivity index (χ0v) is 10.8. The van der Waals surface area contributed by atoms with Crippen LogP contribution in [0.4, 0.5) is 10.1 Å². The van der Waals surface area contributed by atoms with Crippen LogP contribution in [0.3, 0.4) is 0 Å². The maximum absolute atomic E-state index is 13.1. The lowest BCUT2D eigenvalue weighted by atomic mass is 10.1. The van der Waals surface area contributed by atoms with E-state index in [9.17, 15) is 4.39 Å². The summed E-state index contributed by atoms with van der Waals surface area (Å²) < 4.78 is 13.1. The normalized spacial score (nSPS) is 12.2. The van der Waals surface area contributed by atoms with Crippen molar-refractivity contribution in [2.45, 2.75) is 26.3 Å². The van der Waals surface area contributed by atoms with Gasteiger partial charge in [0.1, 0.15) is 5.82 Å². The van der Waals surface area contributed by atoms with E-state index in [4.69, 9.17) is 0 Å². The van der Waals surface area contributed by atoms with Gasteiger partial charge in [0.05, 0.1) is 0 Å². The molecule has 0 saturated carbocycles. The second-order valence-electron chi connectivity index (χ2n) is 4.75. The molecule has 1 unspecified atom stereocenters. The van der Waals surface area contributed by atoms with Gasteiger partial charge in [0.2, 0.25) is 0 Å². The summed E-state index contributed by atoms with van der Waals surface area (Å²) in [4.78, 5) is 0. The van der Waals surface area contributed by atoms with Crippen molar-refractivity contribution in [3.05, 3.63) is 65.5 Å². The van der Waals surface area contributed by atoms with Crippen LogP contribution in [-0.4, -0.2) is 6.04 Å². The number of rotatable bonds is 4. The van der Waals surface area contributed by atoms with Crippen LogP contribution in [0, 0.1) is 12.7 Å². The third-order valence-electron chi connectivity index (χ3n) is 2.86. The molecule has 1 N–H and O–H groups in total. The Bertz CT molecular complexity index is 475. The molecular formula is C16H18FN. The molecule has 0 aliphatic heterocycles. The SMILES string of the molecule is Cc1cccc(NC(C)Cc2cccc(F)c2)c1. The van der Waals surface area contributed by atoms with Crippen LogP contribution in [0.15, 0.2) is 48.5 Å². The molecule has 0 radical (unpaired) electrons. The van der Waals surface area contributed by atoms with E-state index < -0.39 is 0 Å². The predicted molar refractivity (Wildman–Crippen MR) is 74.4 cm³/mol. The summed E-state index contributed by atoms with van der Waals surface area (Å²) in [6.45, 7) is 4.18. The Morgan fingerprint density at radius 3 is 2.61 bits per heavy atom. The fourth-order valence-corrected chi connectivity index (χ4v) is 2.09. The zero-order valence-electron chi connectivity index (χ0n) is 10.8. The molecule has 0 fully saturated rings. The highest BCUT2D eigenvalue weighted by molar-refractivity contribution is 5.46. The van der Waals surface area contributed by atoms with Gasteiger partial charge in [-0.3, -0.25) is 0 Å². The molecule has 18 heavy (non-hydrogen) atoms. The van der Waals surface area contributed by atoms with Crippen molar-refractivity contribution in [1.82, 2.24) is 0 Å². The van der Waals surface area contributed by atoms with Gasteiger partial charge in [-0.05, 0) is 55.7 Å². The Hall–Kier alpha value is -1.83. The van der Waals surface area contributed by atoms with E-state index in [1.54, 1.807) is 12.1 Å². The summed E-state index contributed by atoms with van der Waals surface area (Å²) in [5.41, 5.74) is 3.36. The van der Waals surface area contributed by atoms with Gasteiger partial charge in [0.15, 0.2) is 0 Å². The topological polar surface area (TPSA) is 12.0 Å². The minimum absolute atomic E-state index is 0.171. The zero-order chi connectivity index (χ0) is 13.0. The Morgan fingerprint density at radius 2 is 1.89 bits per heavy atom. The molecule has 1 nitrogen and oxygen atoms in total. The van der Waals surface area contributed by atoms with Crippen molar-refractivity contribution in [2.24, 2.45) is 0 Å². The fraction of sp³-hybridized carbons (Fsp3) is 0.250. The molecule has 0 aliphatic carbocycles. The highest BCUT2D eigenvalue weighted by atomic mass is 19.1. The lowest BCUT2D eigenvalue weighted by Gasteiger charge is -2.15. The minimum atomic E-state index is -0.171. The lowest BCUT2D eigenvalue weighted by molar-refractivity contribution is 0.624. The van der Waals surface area contributed by atoms with E-state index in [0.29, 0.717) is 0 Å². The van der Waals surface area contributed by atoms with Gasteiger partial charge in [0.25, 0.3) is 0 Å². The van der Waals surface area contributed by atoms with Crippen molar-refractivity contribution >= 4 is 5.69 Å². The molecule has 94 valence electrons. The van der Waals surface area contributed by atoms with Crippen LogP contribution in [0.1, 0.15) is 18.1 Å². The summed E-state index contributed by atoms with van der Waals surface area (Å²) in [6.07, 6.45) is 0.811. The van der Waals surface area contributed by atoms with Gasteiger partial charge in [-0.25, -0.2) is 4.39 Å². The standard InChI is InChI=1S/C16H18FN/c1-12-5-3-8-16(9-12)18-13(2)10-14-6-4-7-15(17)11-14/h3-9,11,13,18H,10H2,1-2H3. The average Bonchev–Trinajstić information content (AvgIpc) is 2.28. The summed E-state index contributed by atoms with van der Waals surface area (Å²) in [5, 5.41) is 3.43. The first-order valence-electron chi connectivity index (χ1n) is 6.21. The van der Waals surface area contributed by atoms with Crippen LogP contribution < -0.4 is 5.32 Å². The Morgan fingerprint density at radius 1 is 1.11 bits per heavy atom. The molecule has 2 heteroatoms. The van der Waals surface area contributed by atoms with Crippen LogP contribution >= 0.6 is 0 Å². The number of hydrogen-bond donors (Lipinski definition) is 1. The average molecular weight is 243 g/mol. The molecule has 2 aromatic rings. The largest absolute Gasteiger partial charge is 0.382 e. The van der Waals surface area contributed by atoms with Crippen LogP contribution in [0.25, 0.3) is 0 Å². The van der Waals surface area contributed by atoms with Crippen LogP contribution in [0.2, 0.25) is 0 Å². The number of halogens is 1. The molecule has 0 heterocycles. The number of aryl methyl sites for hydroxylation is 1. The third kappa shape index (κ3) is 3.59. The molecule has 0 bridgehead atoms. The second kappa shape index (κ2) is 5.67. The van der Waals surface area contributed by atoms with E-state index in [0.717, 1.165) is 17.7 Å². The van der Waals surface area contributed by atoms with Gasteiger partial charge in [-0.15, -0.1) is 0 Å². The monoisotopic (exact) mass is 243 g/mol. The summed E-state index contributed by atoms with van der Waals surface area (Å²) in [6, 6.07) is 15.3. The molecule has 0 aliphatic rings. The molecule has 0 spiro atoms. The van der Waals surface area contributed by atoms with Gasteiger partial charge in [-0.2, -0.15) is 0 Å². The van der Waals surface area contributed by atoms with Crippen molar-refractivity contribution in [3.8, 4) is 0 Å². The van der Waals surface area contributed by atoms with Crippen molar-refractivity contribution in [1.29, 1.82) is 0 Å². The van der Waals surface area contributed by atoms with Gasteiger partial charge >= 0.3 is 0 Å². The molecule has 2 rings (SSSR count). The molecular weight excluding hydrogens is 225 g/mol. The second-order valence-corrected chi connectivity index (χ2v) is 4.75. The van der Waals surface area contributed by atoms with Gasteiger partial charge < -0.3 is 5.32 Å². The maximum atomic E-state index is 13.1. The number of anilines is 1. The van der Waals surface area contributed by atoms with Crippen molar-refractivity contribution in [3.63, 3.8) is 0 Å². The highest BCUT2D eigenvalue weighted by Gasteiger charge is 2.04. The molecule has 0 amide bonds. The van der Waals surface area contributed by atoms with Crippen molar-refractivity contribution < 1.29 is 4.39 Å². The fourth-order valence-electron chi connectivity index (χ4n) is 2.09. The third-order valence-corrected chi connectivity index (χ3v) is 2.86. The summed E-state index contributed by atoms with van der Waals surface area (Å²) >= 11 is 0. The highest BCUT2D eigenvalue weighted by Crippen LogP contribution is 2.13. The quantitative estimate of drug-likeness (QED) is 0.849. The first-order chi connectivity index (χ1) is 8.63. The van der Waals surface area contributed by atoms with E-state index in [1.165, 1.54) is 11.6 Å². The predicted octanol–water partition coefficient (Wildman–Crippen LogP) is 4.18. The minimum Gasteiger partial charge on any atom is -0.382 e. The number of hydrogen-bond acceptors (Lipinski definition) is 1. The van der Waals surface area contributed by atoms with E-state index in [1.807, 2.05) is 12.1 Å². The van der Waals surface area contributed by atoms with E-state index in [2.05, 4.69) is 37.4 Å². The van der Waals surface area contributed by atoms with Gasteiger partial charge in [0, 0.05) is 11.7 Å². The smallest absolute Gasteiger partial charge is 0.123 e. The Balaban J connectivity index is 1.98. The van der Waals surface area contributed by atoms with Crippen LogP contribution in [-0.2, 0) is 6.42 Å². The first kappa shape index (κ1) is 12.6. The van der Waals surface area contributed by atoms with E-state index >= 15 is 0 Å². The Labute approximate surface area is 108 Å². The van der Waals surface area contributed by atoms with E-state index in [-0.39, 0.29) is 11.9 Å². The first-order valence-corrected chi connectivity index (χ1v) is 6.21. The number of benzene rings is 2. The van der Waals surface area contributed by atoms with Gasteiger partial charge in [-0.1, -0.05) is 24.3 Å². The number of nitrogens with one attached hydrogen (secondary N) is 1. The summed E-state index contributed by atoms with van der Waals surface area (Å²) in [7, 11) is 0. The van der Waals surface area contributed by atoms with Crippen molar-refractivity contribution in [2.75, 3.05) is 5.32 Å². The van der Waals surface area contributed by atoms with Crippen LogP contribution in [0.5, 0.6) is 0 Å². The lowest BCUT2D eigenvalue weighted by Crippen LogP contribution is -2.18. The Kier molecular flexibility index (Phi) is 3.98. The molecule has 0 aromatic heterocycles. The molecule has 0 saturated heterocycles. The molecule has 2 aromatic carbocycles. The molecule has 1 atom stereocenters. The summed E-state index contributed by atoms with van der Waals surface area (Å²) in [5.74, 6) is -0.171.